The minimum absolute atomic E-state index is 0.0384. The number of amides is 1. The van der Waals surface area contributed by atoms with Crippen molar-refractivity contribution in [1.82, 2.24) is 4.90 Å². The van der Waals surface area contributed by atoms with Crippen LogP contribution in [-0.4, -0.2) is 46.0 Å². The van der Waals surface area contributed by atoms with Crippen molar-refractivity contribution in [2.75, 3.05) is 26.8 Å². The number of thiophene rings is 1. The van der Waals surface area contributed by atoms with Crippen LogP contribution in [0.2, 0.25) is 0 Å². The molecule has 0 saturated heterocycles. The van der Waals surface area contributed by atoms with E-state index in [1.807, 2.05) is 13.8 Å². The highest BCUT2D eigenvalue weighted by atomic mass is 32.2. The minimum atomic E-state index is -3.70. The number of carbonyl (C=O) groups is 1. The molecule has 1 aromatic rings. The molecule has 0 fully saturated rings. The fourth-order valence-electron chi connectivity index (χ4n) is 1.83. The van der Waals surface area contributed by atoms with Crippen molar-refractivity contribution >= 4 is 27.3 Å². The van der Waals surface area contributed by atoms with Crippen LogP contribution in [0.25, 0.3) is 0 Å². The topological polar surface area (TPSA) is 89.7 Å². The second-order valence-corrected chi connectivity index (χ2v) is 8.13. The Morgan fingerprint density at radius 3 is 2.57 bits per heavy atom. The van der Waals surface area contributed by atoms with Crippen LogP contribution in [0.15, 0.2) is 16.3 Å². The highest BCUT2D eigenvalue weighted by Crippen LogP contribution is 2.21. The van der Waals surface area contributed by atoms with E-state index in [4.69, 9.17) is 9.88 Å². The molecular weight excluding hydrogens is 312 g/mol. The van der Waals surface area contributed by atoms with Crippen molar-refractivity contribution in [1.29, 1.82) is 0 Å². The van der Waals surface area contributed by atoms with Gasteiger partial charge in [0.05, 0.1) is 13.0 Å². The summed E-state index contributed by atoms with van der Waals surface area (Å²) in [5.41, 5.74) is 0. The minimum Gasteiger partial charge on any atom is -0.383 e. The van der Waals surface area contributed by atoms with Gasteiger partial charge in [0.25, 0.3) is 0 Å². The van der Waals surface area contributed by atoms with Gasteiger partial charge in [0, 0.05) is 25.1 Å². The van der Waals surface area contributed by atoms with Gasteiger partial charge in [-0.15, -0.1) is 11.3 Å². The van der Waals surface area contributed by atoms with Crippen LogP contribution in [-0.2, 0) is 26.0 Å². The Kier molecular flexibility index (Phi) is 6.79. The molecule has 1 heterocycles. The molecule has 0 saturated carbocycles. The standard InChI is InChI=1S/C13H22N2O4S2/c1-10(2)9-15(6-7-19-3)12(16)8-11-4-5-13(20-11)21(14,17)18/h4-5,10H,6-9H2,1-3H3,(H2,14,17,18). The largest absolute Gasteiger partial charge is 0.383 e. The van der Waals surface area contributed by atoms with Gasteiger partial charge in [0.15, 0.2) is 0 Å². The van der Waals surface area contributed by atoms with Crippen LogP contribution in [0.1, 0.15) is 18.7 Å². The number of sulfonamides is 1. The van der Waals surface area contributed by atoms with E-state index in [-0.39, 0.29) is 16.5 Å². The number of methoxy groups -OCH3 is 1. The average Bonchev–Trinajstić information content (AvgIpc) is 2.82. The van der Waals surface area contributed by atoms with Gasteiger partial charge in [-0.3, -0.25) is 4.79 Å². The highest BCUT2D eigenvalue weighted by Gasteiger charge is 2.18. The number of hydrogen-bond acceptors (Lipinski definition) is 5. The molecule has 1 amide bonds. The first-order chi connectivity index (χ1) is 9.74. The summed E-state index contributed by atoms with van der Waals surface area (Å²) in [6.45, 7) is 5.73. The molecule has 0 aliphatic carbocycles. The van der Waals surface area contributed by atoms with E-state index >= 15 is 0 Å². The fourth-order valence-corrected chi connectivity index (χ4v) is 3.60. The molecule has 0 unspecified atom stereocenters. The zero-order valence-electron chi connectivity index (χ0n) is 12.5. The molecule has 0 bridgehead atoms. The first-order valence-corrected chi connectivity index (χ1v) is 8.98. The molecule has 1 aromatic heterocycles. The summed E-state index contributed by atoms with van der Waals surface area (Å²) >= 11 is 1.04. The summed E-state index contributed by atoms with van der Waals surface area (Å²) in [7, 11) is -2.10. The van der Waals surface area contributed by atoms with Crippen molar-refractivity contribution in [2.24, 2.45) is 11.1 Å². The van der Waals surface area contributed by atoms with Crippen LogP contribution < -0.4 is 5.14 Å². The number of rotatable bonds is 8. The van der Waals surface area contributed by atoms with Crippen LogP contribution in [0.3, 0.4) is 0 Å². The summed E-state index contributed by atoms with van der Waals surface area (Å²) < 4.78 is 27.6. The van der Waals surface area contributed by atoms with E-state index in [1.165, 1.54) is 6.07 Å². The number of nitrogens with two attached hydrogens (primary N) is 1. The van der Waals surface area contributed by atoms with E-state index in [0.717, 1.165) is 11.3 Å². The predicted molar refractivity (Wildman–Crippen MR) is 82.7 cm³/mol. The van der Waals surface area contributed by atoms with Crippen LogP contribution in [0, 0.1) is 5.92 Å². The summed E-state index contributed by atoms with van der Waals surface area (Å²) in [4.78, 5) is 14.7. The molecule has 0 aliphatic rings. The molecule has 0 spiro atoms. The molecule has 120 valence electrons. The number of carbonyl (C=O) groups excluding carboxylic acids is 1. The number of nitrogens with zero attached hydrogens (tertiary/aromatic N) is 1. The Labute approximate surface area is 129 Å². The summed E-state index contributed by atoms with van der Waals surface area (Å²) in [5.74, 6) is 0.317. The Morgan fingerprint density at radius 1 is 1.43 bits per heavy atom. The lowest BCUT2D eigenvalue weighted by Crippen LogP contribution is -2.37. The van der Waals surface area contributed by atoms with Gasteiger partial charge in [-0.2, -0.15) is 0 Å². The Bertz CT molecular complexity index is 566. The van der Waals surface area contributed by atoms with E-state index < -0.39 is 10.0 Å². The van der Waals surface area contributed by atoms with Crippen molar-refractivity contribution in [3.8, 4) is 0 Å². The third-order valence-electron chi connectivity index (χ3n) is 2.75. The molecule has 0 radical (unpaired) electrons. The molecule has 0 aliphatic heterocycles. The maximum absolute atomic E-state index is 12.3. The monoisotopic (exact) mass is 334 g/mol. The molecule has 21 heavy (non-hydrogen) atoms. The maximum Gasteiger partial charge on any atom is 0.247 e. The Morgan fingerprint density at radius 2 is 2.10 bits per heavy atom. The average molecular weight is 334 g/mol. The lowest BCUT2D eigenvalue weighted by molar-refractivity contribution is -0.131. The van der Waals surface area contributed by atoms with E-state index in [2.05, 4.69) is 0 Å². The second-order valence-electron chi connectivity index (χ2n) is 5.17. The summed E-state index contributed by atoms with van der Waals surface area (Å²) in [6.07, 6.45) is 0.177. The van der Waals surface area contributed by atoms with Gasteiger partial charge < -0.3 is 9.64 Å². The Balaban J connectivity index is 2.74. The second kappa shape index (κ2) is 7.88. The zero-order chi connectivity index (χ0) is 16.0. The van der Waals surface area contributed by atoms with Crippen LogP contribution in [0.4, 0.5) is 0 Å². The van der Waals surface area contributed by atoms with Gasteiger partial charge in [0.1, 0.15) is 4.21 Å². The quantitative estimate of drug-likeness (QED) is 0.770. The molecule has 8 heteroatoms. The van der Waals surface area contributed by atoms with Crippen molar-refractivity contribution < 1.29 is 17.9 Å². The maximum atomic E-state index is 12.3. The first kappa shape index (κ1) is 18.1. The third kappa shape index (κ3) is 6.13. The molecule has 0 atom stereocenters. The smallest absolute Gasteiger partial charge is 0.247 e. The van der Waals surface area contributed by atoms with Crippen molar-refractivity contribution in [3.05, 3.63) is 17.0 Å². The van der Waals surface area contributed by atoms with E-state index in [1.54, 1.807) is 18.1 Å². The molecule has 6 nitrogen and oxygen atoms in total. The normalized spacial score (nSPS) is 11.9. The molecule has 1 rings (SSSR count). The van der Waals surface area contributed by atoms with Gasteiger partial charge in [-0.05, 0) is 18.1 Å². The van der Waals surface area contributed by atoms with Gasteiger partial charge in [-0.1, -0.05) is 13.8 Å². The van der Waals surface area contributed by atoms with Crippen molar-refractivity contribution in [2.45, 2.75) is 24.5 Å². The van der Waals surface area contributed by atoms with Gasteiger partial charge in [0.2, 0.25) is 15.9 Å². The number of ether oxygens (including phenoxy) is 1. The zero-order valence-corrected chi connectivity index (χ0v) is 14.2. The summed E-state index contributed by atoms with van der Waals surface area (Å²) in [5, 5.41) is 5.06. The fraction of sp³-hybridized carbons (Fsp3) is 0.615. The first-order valence-electron chi connectivity index (χ1n) is 6.62. The third-order valence-corrected chi connectivity index (χ3v) is 5.27. The number of hydrogen-bond donors (Lipinski definition) is 1. The SMILES string of the molecule is COCCN(CC(C)C)C(=O)Cc1ccc(S(N)(=O)=O)s1. The Hall–Kier alpha value is -0.960. The molecule has 0 aromatic carbocycles. The summed E-state index contributed by atoms with van der Waals surface area (Å²) in [6, 6.07) is 3.07. The van der Waals surface area contributed by atoms with Gasteiger partial charge in [-0.25, -0.2) is 13.6 Å². The van der Waals surface area contributed by atoms with Crippen LogP contribution >= 0.6 is 11.3 Å². The van der Waals surface area contributed by atoms with E-state index in [9.17, 15) is 13.2 Å². The van der Waals surface area contributed by atoms with Gasteiger partial charge >= 0.3 is 0 Å². The molecule has 2 N–H and O–H groups in total. The predicted octanol–water partition coefficient (Wildman–Crippen LogP) is 1.07. The molecular formula is C13H22N2O4S2. The lowest BCUT2D eigenvalue weighted by Gasteiger charge is -2.24. The number of primary sulfonamides is 1. The van der Waals surface area contributed by atoms with Crippen LogP contribution in [0.5, 0.6) is 0 Å². The highest BCUT2D eigenvalue weighted by molar-refractivity contribution is 7.91. The van der Waals surface area contributed by atoms with Crippen molar-refractivity contribution in [3.63, 3.8) is 0 Å². The lowest BCUT2D eigenvalue weighted by atomic mass is 10.2. The van der Waals surface area contributed by atoms with E-state index in [0.29, 0.717) is 30.5 Å².